The minimum Gasteiger partial charge on any atom is -0.504 e. The highest BCUT2D eigenvalue weighted by Gasteiger charge is 2.38. The van der Waals surface area contributed by atoms with Crippen LogP contribution in [0.5, 0.6) is 11.5 Å². The molecule has 0 bridgehead atoms. The molecule has 0 amide bonds. The maximum Gasteiger partial charge on any atom is 0.180 e. The lowest BCUT2D eigenvalue weighted by Gasteiger charge is -2.32. The van der Waals surface area contributed by atoms with Gasteiger partial charge in [-0.2, -0.15) is 0 Å². The van der Waals surface area contributed by atoms with Crippen molar-refractivity contribution in [3.63, 3.8) is 0 Å². The lowest BCUT2D eigenvalue weighted by atomic mass is 9.91. The van der Waals surface area contributed by atoms with E-state index in [9.17, 15) is 18.6 Å². The van der Waals surface area contributed by atoms with Crippen LogP contribution in [0.4, 0.5) is 0 Å². The standard InChI is InChI=1S/C15H23NO4S/c1-3-5-6-15(4-2)10-21(19,20)14-8-13(18)12(17)7-11(14)9-16-15/h7-8,16-18H,3-6,9-10H2,1-2H3/t15-/m1/s1. The van der Waals surface area contributed by atoms with Crippen molar-refractivity contribution in [2.24, 2.45) is 0 Å². The summed E-state index contributed by atoms with van der Waals surface area (Å²) >= 11 is 0. The summed E-state index contributed by atoms with van der Waals surface area (Å²) in [5.74, 6) is -0.661. The number of phenols is 2. The predicted molar refractivity (Wildman–Crippen MR) is 81.2 cm³/mol. The fraction of sp³-hybridized carbons (Fsp3) is 0.600. The molecule has 0 aromatic heterocycles. The molecule has 0 radical (unpaired) electrons. The highest BCUT2D eigenvalue weighted by molar-refractivity contribution is 7.91. The number of nitrogens with one attached hydrogen (secondary N) is 1. The summed E-state index contributed by atoms with van der Waals surface area (Å²) in [6.07, 6.45) is 3.49. The van der Waals surface area contributed by atoms with Crippen molar-refractivity contribution in [3.8, 4) is 11.5 Å². The molecular formula is C15H23NO4S. The Bertz CT molecular complexity index is 627. The Labute approximate surface area is 125 Å². The second kappa shape index (κ2) is 5.85. The molecule has 1 aromatic carbocycles. The molecule has 3 N–H and O–H groups in total. The van der Waals surface area contributed by atoms with Crippen LogP contribution < -0.4 is 5.32 Å². The number of sulfone groups is 1. The van der Waals surface area contributed by atoms with E-state index in [2.05, 4.69) is 12.2 Å². The zero-order valence-corrected chi connectivity index (χ0v) is 13.3. The largest absolute Gasteiger partial charge is 0.504 e. The quantitative estimate of drug-likeness (QED) is 0.743. The average Bonchev–Trinajstić information content (AvgIpc) is 2.54. The molecule has 1 aliphatic rings. The van der Waals surface area contributed by atoms with Crippen molar-refractivity contribution < 1.29 is 18.6 Å². The van der Waals surface area contributed by atoms with Gasteiger partial charge >= 0.3 is 0 Å². The summed E-state index contributed by atoms with van der Waals surface area (Å²) in [7, 11) is -3.50. The summed E-state index contributed by atoms with van der Waals surface area (Å²) in [4.78, 5) is 0.122. The number of phenolic OH excluding ortho intramolecular Hbond substituents is 2. The third kappa shape index (κ3) is 3.16. The monoisotopic (exact) mass is 313 g/mol. The normalized spacial score (nSPS) is 24.3. The molecule has 0 fully saturated rings. The first-order valence-corrected chi connectivity index (χ1v) is 9.01. The number of rotatable bonds is 4. The summed E-state index contributed by atoms with van der Waals surface area (Å²) in [5, 5.41) is 22.6. The molecule has 21 heavy (non-hydrogen) atoms. The van der Waals surface area contributed by atoms with Crippen LogP contribution in [-0.4, -0.2) is 29.9 Å². The zero-order valence-electron chi connectivity index (χ0n) is 12.5. The highest BCUT2D eigenvalue weighted by Crippen LogP contribution is 2.36. The smallest absolute Gasteiger partial charge is 0.180 e. The first-order chi connectivity index (χ1) is 9.83. The maximum atomic E-state index is 12.7. The van der Waals surface area contributed by atoms with Crippen LogP contribution in [0.2, 0.25) is 0 Å². The van der Waals surface area contributed by atoms with Crippen LogP contribution >= 0.6 is 0 Å². The van der Waals surface area contributed by atoms with E-state index in [1.165, 1.54) is 6.07 Å². The Morgan fingerprint density at radius 2 is 1.90 bits per heavy atom. The molecule has 6 heteroatoms. The Morgan fingerprint density at radius 3 is 2.52 bits per heavy atom. The zero-order chi connectivity index (χ0) is 15.7. The second-order valence-corrected chi connectivity index (χ2v) is 7.76. The van der Waals surface area contributed by atoms with Crippen molar-refractivity contribution in [2.45, 2.75) is 56.5 Å². The molecule has 118 valence electrons. The van der Waals surface area contributed by atoms with Gasteiger partial charge in [0.15, 0.2) is 21.3 Å². The predicted octanol–water partition coefficient (Wildman–Crippen LogP) is 2.31. The Hall–Kier alpha value is -1.27. The summed E-state index contributed by atoms with van der Waals surface area (Å²) in [5.41, 5.74) is 0.0659. The van der Waals surface area contributed by atoms with Crippen molar-refractivity contribution in [1.29, 1.82) is 0 Å². The molecule has 0 saturated heterocycles. The van der Waals surface area contributed by atoms with Crippen LogP contribution in [0, 0.1) is 0 Å². The average molecular weight is 313 g/mol. The number of hydrogen-bond acceptors (Lipinski definition) is 5. The molecule has 2 rings (SSSR count). The molecule has 0 spiro atoms. The van der Waals surface area contributed by atoms with Gasteiger partial charge in [0.1, 0.15) is 0 Å². The van der Waals surface area contributed by atoms with Gasteiger partial charge in [-0.05, 0) is 24.5 Å². The van der Waals surface area contributed by atoms with Crippen LogP contribution in [-0.2, 0) is 16.4 Å². The van der Waals surface area contributed by atoms with Gasteiger partial charge in [-0.25, -0.2) is 8.42 Å². The Balaban J connectivity index is 2.46. The van der Waals surface area contributed by atoms with E-state index in [-0.39, 0.29) is 16.4 Å². The van der Waals surface area contributed by atoms with E-state index in [1.54, 1.807) is 0 Å². The second-order valence-electron chi connectivity index (χ2n) is 5.80. The molecule has 1 aliphatic heterocycles. The van der Waals surface area contributed by atoms with Gasteiger partial charge in [-0.1, -0.05) is 26.7 Å². The molecule has 0 saturated carbocycles. The van der Waals surface area contributed by atoms with Gasteiger partial charge in [-0.15, -0.1) is 0 Å². The topological polar surface area (TPSA) is 86.6 Å². The molecule has 1 atom stereocenters. The number of unbranched alkanes of at least 4 members (excludes halogenated alkanes) is 1. The van der Waals surface area contributed by atoms with E-state index in [0.29, 0.717) is 12.1 Å². The van der Waals surface area contributed by atoms with Gasteiger partial charge in [0.05, 0.1) is 10.6 Å². The Morgan fingerprint density at radius 1 is 1.24 bits per heavy atom. The van der Waals surface area contributed by atoms with Gasteiger partial charge in [0, 0.05) is 18.2 Å². The fourth-order valence-electron chi connectivity index (χ4n) is 2.88. The van der Waals surface area contributed by atoms with Crippen LogP contribution in [0.25, 0.3) is 0 Å². The minimum atomic E-state index is -3.50. The van der Waals surface area contributed by atoms with Gasteiger partial charge in [-0.3, -0.25) is 0 Å². The molecule has 5 nitrogen and oxygen atoms in total. The van der Waals surface area contributed by atoms with Crippen molar-refractivity contribution >= 4 is 9.84 Å². The fourth-order valence-corrected chi connectivity index (χ4v) is 5.04. The molecule has 0 aliphatic carbocycles. The minimum absolute atomic E-state index is 0.0215. The number of fused-ring (bicyclic) bond motifs is 1. The lowest BCUT2D eigenvalue weighted by molar-refractivity contribution is 0.313. The lowest BCUT2D eigenvalue weighted by Crippen LogP contribution is -2.48. The van der Waals surface area contributed by atoms with Crippen molar-refractivity contribution in [1.82, 2.24) is 5.32 Å². The molecule has 1 aromatic rings. The van der Waals surface area contributed by atoms with Crippen LogP contribution in [0.3, 0.4) is 0 Å². The third-order valence-electron chi connectivity index (χ3n) is 4.30. The van der Waals surface area contributed by atoms with Crippen molar-refractivity contribution in [2.75, 3.05) is 5.75 Å². The summed E-state index contributed by atoms with van der Waals surface area (Å²) < 4.78 is 25.3. The molecule has 0 unspecified atom stereocenters. The van der Waals surface area contributed by atoms with E-state index < -0.39 is 21.1 Å². The van der Waals surface area contributed by atoms with Gasteiger partial charge < -0.3 is 15.5 Å². The van der Waals surface area contributed by atoms with Gasteiger partial charge in [0.2, 0.25) is 0 Å². The maximum absolute atomic E-state index is 12.7. The first-order valence-electron chi connectivity index (χ1n) is 7.36. The van der Waals surface area contributed by atoms with E-state index in [0.717, 1.165) is 31.7 Å². The van der Waals surface area contributed by atoms with Crippen molar-refractivity contribution in [3.05, 3.63) is 17.7 Å². The summed E-state index contributed by atoms with van der Waals surface area (Å²) in [6, 6.07) is 2.49. The Kier molecular flexibility index (Phi) is 4.49. The van der Waals surface area contributed by atoms with E-state index in [4.69, 9.17) is 0 Å². The SMILES string of the molecule is CCCC[C@]1(CC)CS(=O)(=O)c2cc(O)c(O)cc2CN1. The van der Waals surface area contributed by atoms with Crippen LogP contribution in [0.15, 0.2) is 17.0 Å². The first kappa shape index (κ1) is 16.1. The number of aromatic hydroxyl groups is 2. The number of hydrogen-bond donors (Lipinski definition) is 3. The van der Waals surface area contributed by atoms with E-state index in [1.807, 2.05) is 6.92 Å². The third-order valence-corrected chi connectivity index (χ3v) is 6.28. The van der Waals surface area contributed by atoms with E-state index >= 15 is 0 Å². The van der Waals surface area contributed by atoms with Crippen LogP contribution in [0.1, 0.15) is 45.1 Å². The van der Waals surface area contributed by atoms with Gasteiger partial charge in [0.25, 0.3) is 0 Å². The molecule has 1 heterocycles. The summed E-state index contributed by atoms with van der Waals surface area (Å²) in [6.45, 7) is 4.45. The number of benzene rings is 1. The highest BCUT2D eigenvalue weighted by atomic mass is 32.2. The molecular weight excluding hydrogens is 290 g/mol.